The Bertz CT molecular complexity index is 1730. The van der Waals surface area contributed by atoms with Crippen LogP contribution in [0.25, 0.3) is 0 Å². The van der Waals surface area contributed by atoms with Gasteiger partial charge in [0, 0.05) is 57.7 Å². The fourth-order valence-electron chi connectivity index (χ4n) is 10.5. The highest BCUT2D eigenvalue weighted by molar-refractivity contribution is 5.93. The average Bonchev–Trinajstić information content (AvgIpc) is 3.58. The van der Waals surface area contributed by atoms with Crippen molar-refractivity contribution >= 4 is 5.97 Å². The topological polar surface area (TPSA) is 170 Å². The van der Waals surface area contributed by atoms with Crippen LogP contribution in [0.4, 0.5) is 0 Å². The minimum absolute atomic E-state index is 0.0242. The molecule has 3 N–H and O–H groups in total. The molecule has 0 aromatic rings. The lowest BCUT2D eigenvalue weighted by Gasteiger charge is -2.48. The fraction of sp³-hybridized carbons (Fsp3) is 0.771. The lowest BCUT2D eigenvalue weighted by atomic mass is 9.72. The summed E-state index contributed by atoms with van der Waals surface area (Å²) in [6, 6.07) is 0. The van der Waals surface area contributed by atoms with Gasteiger partial charge >= 0.3 is 5.97 Å². The highest BCUT2D eigenvalue weighted by Gasteiger charge is 2.58. The van der Waals surface area contributed by atoms with E-state index in [-0.39, 0.29) is 54.7 Å². The van der Waals surface area contributed by atoms with Gasteiger partial charge in [0.15, 0.2) is 18.4 Å². The van der Waals surface area contributed by atoms with E-state index in [1.165, 1.54) is 0 Å². The van der Waals surface area contributed by atoms with Crippen molar-refractivity contribution in [3.63, 3.8) is 0 Å². The molecular formula is C48H72O14. The summed E-state index contributed by atoms with van der Waals surface area (Å²) in [7, 11) is 3.22. The van der Waals surface area contributed by atoms with Crippen molar-refractivity contribution < 1.29 is 67.5 Å². The maximum absolute atomic E-state index is 14.3. The molecule has 0 aromatic heterocycles. The molecule has 14 heteroatoms. The van der Waals surface area contributed by atoms with Crippen LogP contribution in [0.5, 0.6) is 0 Å². The molecule has 7 rings (SSSR count). The van der Waals surface area contributed by atoms with Crippen molar-refractivity contribution in [2.75, 3.05) is 20.8 Å². The average molecular weight is 873 g/mol. The first kappa shape index (κ1) is 47.6. The summed E-state index contributed by atoms with van der Waals surface area (Å²) in [6.45, 7) is 16.1. The van der Waals surface area contributed by atoms with Crippen molar-refractivity contribution in [2.45, 2.75) is 191 Å². The van der Waals surface area contributed by atoms with E-state index in [4.69, 9.17) is 47.4 Å². The van der Waals surface area contributed by atoms with Gasteiger partial charge in [-0.05, 0) is 50.3 Å². The lowest BCUT2D eigenvalue weighted by Crippen LogP contribution is -2.56. The SMILES string of the molecule is CC[C@H](C)[C@H]1O[C@]2(C=C[C@@H]1C)C[C@@H]1C[C@@H](C/C=C(/C)[C@@H](O[C@H]3C[C@H](OC)[C@@H](O[C@H]4C[C@H](OC)[C@@H](O)[C@H](C)O4)[C@H](C)O3)[C@@H](C)/C=C/C=C3\CO[C@@H]4[C@H](O)C(C)C=C(C(=O)O1)[C@]34O)O2. The Morgan fingerprint density at radius 3 is 2.31 bits per heavy atom. The number of hydrogen-bond donors (Lipinski definition) is 3. The van der Waals surface area contributed by atoms with Crippen molar-refractivity contribution in [1.29, 1.82) is 0 Å². The largest absolute Gasteiger partial charge is 0.459 e. The van der Waals surface area contributed by atoms with Crippen LogP contribution in [0.2, 0.25) is 0 Å². The summed E-state index contributed by atoms with van der Waals surface area (Å²) < 4.78 is 63.6. The minimum atomic E-state index is -1.90. The number of allylic oxidation sites excluding steroid dienone is 2. The van der Waals surface area contributed by atoms with Gasteiger partial charge in [0.2, 0.25) is 0 Å². The third-order valence-corrected chi connectivity index (χ3v) is 14.4. The van der Waals surface area contributed by atoms with Gasteiger partial charge in [-0.2, -0.15) is 0 Å². The molecule has 4 saturated heterocycles. The molecule has 7 aliphatic rings. The summed E-state index contributed by atoms with van der Waals surface area (Å²) in [5.74, 6) is -1.99. The summed E-state index contributed by atoms with van der Waals surface area (Å²) >= 11 is 0. The maximum Gasteiger partial charge on any atom is 0.337 e. The Balaban J connectivity index is 1.18. The van der Waals surface area contributed by atoms with Gasteiger partial charge in [0.05, 0.1) is 61.0 Å². The minimum Gasteiger partial charge on any atom is -0.459 e. The van der Waals surface area contributed by atoms with E-state index in [2.05, 4.69) is 39.8 Å². The molecule has 4 fully saturated rings. The van der Waals surface area contributed by atoms with Crippen molar-refractivity contribution in [1.82, 2.24) is 0 Å². The van der Waals surface area contributed by atoms with Crippen molar-refractivity contribution in [2.24, 2.45) is 23.7 Å². The first-order valence-corrected chi connectivity index (χ1v) is 22.9. The van der Waals surface area contributed by atoms with E-state index in [1.54, 1.807) is 40.2 Å². The Kier molecular flexibility index (Phi) is 15.1. The van der Waals surface area contributed by atoms with Crippen LogP contribution in [0.1, 0.15) is 93.9 Å². The fourth-order valence-corrected chi connectivity index (χ4v) is 10.5. The Morgan fingerprint density at radius 1 is 0.871 bits per heavy atom. The lowest BCUT2D eigenvalue weighted by molar-refractivity contribution is -0.318. The first-order chi connectivity index (χ1) is 29.5. The monoisotopic (exact) mass is 872 g/mol. The molecular weight excluding hydrogens is 801 g/mol. The van der Waals surface area contributed by atoms with Gasteiger partial charge in [-0.1, -0.05) is 77.5 Å². The van der Waals surface area contributed by atoms with Gasteiger partial charge in [-0.3, -0.25) is 0 Å². The first-order valence-electron chi connectivity index (χ1n) is 22.9. The molecule has 1 aliphatic carbocycles. The molecule has 0 radical (unpaired) electrons. The molecule has 6 aliphatic heterocycles. The van der Waals surface area contributed by atoms with E-state index in [0.717, 1.165) is 12.0 Å². The second-order valence-electron chi connectivity index (χ2n) is 19.0. The molecule has 6 heterocycles. The predicted octanol–water partition coefficient (Wildman–Crippen LogP) is 5.38. The molecule has 1 spiro atoms. The zero-order valence-corrected chi connectivity index (χ0v) is 38.2. The van der Waals surface area contributed by atoms with Crippen LogP contribution in [-0.4, -0.2) is 139 Å². The summed E-state index contributed by atoms with van der Waals surface area (Å²) in [5, 5.41) is 34.2. The van der Waals surface area contributed by atoms with Gasteiger partial charge in [0.1, 0.15) is 30.0 Å². The third-order valence-electron chi connectivity index (χ3n) is 14.4. The number of methoxy groups -OCH3 is 2. The summed E-state index contributed by atoms with van der Waals surface area (Å²) in [6.07, 6.45) is 8.54. The predicted molar refractivity (Wildman–Crippen MR) is 227 cm³/mol. The standard InChI is InChI=1S/C48H72O14/c1-11-25(2)43-28(5)17-18-47(62-43)23-34-20-33(61-47)16-15-27(4)42(26(3)13-12-14-32-24-55-45-40(49)29(6)19-35(46(51)58-34)48(32,45)52)59-39-22-37(54-10)44(31(8)57-39)60-38-21-36(53-9)41(50)30(7)56-38/h12-15,17-19,25-26,28-31,33-34,36-45,49-50,52H,11,16,20-24H2,1-10H3/b13-12+,27-15-,32-14+/t25-,26-,28-,29?,30-,31-,33+,34-,36-,37-,38-,39-,40+,41-,42-,43+,44-,45+,47+,48+/m0/s1. The second kappa shape index (κ2) is 19.7. The number of rotatable bonds is 8. The highest BCUT2D eigenvalue weighted by atomic mass is 16.7. The molecule has 348 valence electrons. The van der Waals surface area contributed by atoms with Crippen LogP contribution >= 0.6 is 0 Å². The molecule has 20 atom stereocenters. The molecule has 62 heavy (non-hydrogen) atoms. The third kappa shape index (κ3) is 9.64. The number of ether oxygens (including phenoxy) is 10. The van der Waals surface area contributed by atoms with Crippen molar-refractivity contribution in [3.05, 3.63) is 59.3 Å². The molecule has 0 saturated carbocycles. The number of carbonyl (C=O) groups excluding carboxylic acids is 1. The number of esters is 1. The van der Waals surface area contributed by atoms with E-state index in [1.807, 2.05) is 32.1 Å². The molecule has 0 aromatic carbocycles. The highest BCUT2D eigenvalue weighted by Crippen LogP contribution is 2.47. The molecule has 14 nitrogen and oxygen atoms in total. The number of hydrogen-bond acceptors (Lipinski definition) is 14. The van der Waals surface area contributed by atoms with Gasteiger partial charge in [-0.25, -0.2) is 4.79 Å². The van der Waals surface area contributed by atoms with Crippen LogP contribution < -0.4 is 0 Å². The van der Waals surface area contributed by atoms with E-state index in [9.17, 15) is 20.1 Å². The Morgan fingerprint density at radius 2 is 1.58 bits per heavy atom. The second-order valence-corrected chi connectivity index (χ2v) is 19.0. The number of aliphatic hydroxyl groups is 3. The Labute approximate surface area is 367 Å². The molecule has 2 bridgehead atoms. The van der Waals surface area contributed by atoms with Crippen LogP contribution in [-0.2, 0) is 52.2 Å². The molecule has 0 amide bonds. The Hall–Kier alpha value is -2.31. The van der Waals surface area contributed by atoms with Gasteiger partial charge in [-0.15, -0.1) is 0 Å². The van der Waals surface area contributed by atoms with Crippen molar-refractivity contribution in [3.8, 4) is 0 Å². The normalized spacial score (nSPS) is 49.1. The van der Waals surface area contributed by atoms with Crippen LogP contribution in [0, 0.1) is 23.7 Å². The van der Waals surface area contributed by atoms with Crippen LogP contribution in [0.3, 0.4) is 0 Å². The zero-order valence-electron chi connectivity index (χ0n) is 38.2. The quantitative estimate of drug-likeness (QED) is 0.210. The summed E-state index contributed by atoms with van der Waals surface area (Å²) in [5.41, 5.74) is -0.426. The van der Waals surface area contributed by atoms with Crippen LogP contribution in [0.15, 0.2) is 59.3 Å². The molecule has 1 unspecified atom stereocenters. The number of aliphatic hydroxyl groups excluding tert-OH is 2. The zero-order chi connectivity index (χ0) is 44.7. The van der Waals surface area contributed by atoms with Gasteiger partial charge < -0.3 is 62.7 Å². The maximum atomic E-state index is 14.3. The van der Waals surface area contributed by atoms with E-state index < -0.39 is 90.8 Å². The summed E-state index contributed by atoms with van der Waals surface area (Å²) in [4.78, 5) is 14.3. The van der Waals surface area contributed by atoms with Gasteiger partial charge in [0.25, 0.3) is 0 Å². The number of fused-ring (bicyclic) bond motifs is 2. The van der Waals surface area contributed by atoms with E-state index in [0.29, 0.717) is 31.3 Å². The number of carbonyl (C=O) groups is 1. The smallest absolute Gasteiger partial charge is 0.337 e. The van der Waals surface area contributed by atoms with E-state index >= 15 is 0 Å².